The molecular weight excluding hydrogens is 627 g/mol. The molecule has 7 aromatic rings. The second-order valence-electron chi connectivity index (χ2n) is 14.6. The molecule has 0 heterocycles. The van der Waals surface area contributed by atoms with E-state index in [0.717, 1.165) is 17.8 Å². The first-order chi connectivity index (χ1) is 25.6. The molecule has 0 aromatic heterocycles. The van der Waals surface area contributed by atoms with Gasteiger partial charge in [-0.25, -0.2) is 0 Å². The molecule has 0 saturated heterocycles. The number of fused-ring (bicyclic) bond motifs is 9. The van der Waals surface area contributed by atoms with E-state index in [9.17, 15) is 0 Å². The SMILES string of the molecule is Cc1cc(-c2ccccc2)ccc1N(c1cccc(-c2ccccc2)c1)c1ccc2c(c1)C1(C3=C(c4ccccc41)C(C)CC=C3)c1ccccc1-2. The van der Waals surface area contributed by atoms with Crippen LogP contribution in [0.4, 0.5) is 17.1 Å². The van der Waals surface area contributed by atoms with Crippen LogP contribution in [0.2, 0.25) is 0 Å². The van der Waals surface area contributed by atoms with Crippen molar-refractivity contribution >= 4 is 22.6 Å². The van der Waals surface area contributed by atoms with Gasteiger partial charge in [0.05, 0.1) is 5.41 Å². The van der Waals surface area contributed by atoms with Crippen LogP contribution >= 0.6 is 0 Å². The Labute approximate surface area is 306 Å². The molecule has 0 N–H and O–H groups in total. The van der Waals surface area contributed by atoms with Crippen molar-refractivity contribution in [2.45, 2.75) is 25.7 Å². The van der Waals surface area contributed by atoms with E-state index >= 15 is 0 Å². The molecule has 0 fully saturated rings. The highest BCUT2D eigenvalue weighted by molar-refractivity contribution is 5.97. The first kappa shape index (κ1) is 30.6. The molecule has 2 unspecified atom stereocenters. The minimum atomic E-state index is -0.372. The van der Waals surface area contributed by atoms with Crippen molar-refractivity contribution in [1.29, 1.82) is 0 Å². The van der Waals surface area contributed by atoms with E-state index in [1.165, 1.54) is 78.0 Å². The van der Waals surface area contributed by atoms with Crippen molar-refractivity contribution in [3.05, 3.63) is 215 Å². The maximum atomic E-state index is 2.51. The summed E-state index contributed by atoms with van der Waals surface area (Å²) in [4.78, 5) is 2.48. The fourth-order valence-electron chi connectivity index (χ4n) is 9.38. The van der Waals surface area contributed by atoms with Crippen LogP contribution < -0.4 is 4.90 Å². The van der Waals surface area contributed by atoms with Crippen molar-refractivity contribution in [3.8, 4) is 33.4 Å². The minimum Gasteiger partial charge on any atom is -0.310 e. The molecule has 1 spiro atoms. The lowest BCUT2D eigenvalue weighted by Gasteiger charge is -2.34. The summed E-state index contributed by atoms with van der Waals surface area (Å²) >= 11 is 0. The van der Waals surface area contributed by atoms with Crippen LogP contribution in [0.25, 0.3) is 39.0 Å². The van der Waals surface area contributed by atoms with Gasteiger partial charge < -0.3 is 4.90 Å². The number of anilines is 3. The predicted molar refractivity (Wildman–Crippen MR) is 218 cm³/mol. The zero-order chi connectivity index (χ0) is 34.8. The number of rotatable bonds is 5. The molecule has 2 atom stereocenters. The number of allylic oxidation sites excluding steroid dienone is 4. The molecule has 0 aliphatic heterocycles. The summed E-state index contributed by atoms with van der Waals surface area (Å²) in [6.45, 7) is 4.65. The maximum Gasteiger partial charge on any atom is 0.0723 e. The zero-order valence-electron chi connectivity index (χ0n) is 29.6. The first-order valence-corrected chi connectivity index (χ1v) is 18.5. The van der Waals surface area contributed by atoms with Gasteiger partial charge in [-0.15, -0.1) is 0 Å². The third kappa shape index (κ3) is 4.49. The second kappa shape index (κ2) is 12.0. The Morgan fingerprint density at radius 2 is 1.10 bits per heavy atom. The fourth-order valence-corrected chi connectivity index (χ4v) is 9.38. The van der Waals surface area contributed by atoms with Crippen LogP contribution in [0.15, 0.2) is 188 Å². The fraction of sp³-hybridized carbons (Fsp3) is 0.0980. The highest BCUT2D eigenvalue weighted by Gasteiger charge is 2.53. The molecule has 3 aliphatic carbocycles. The Morgan fingerprint density at radius 3 is 1.83 bits per heavy atom. The Hall–Kier alpha value is -6.18. The van der Waals surface area contributed by atoms with Gasteiger partial charge in [0.2, 0.25) is 0 Å². The number of benzene rings is 7. The normalized spacial score (nSPS) is 17.8. The third-order valence-electron chi connectivity index (χ3n) is 11.6. The van der Waals surface area contributed by atoms with Crippen LogP contribution in [0, 0.1) is 12.8 Å². The van der Waals surface area contributed by atoms with Crippen molar-refractivity contribution < 1.29 is 0 Å². The summed E-state index contributed by atoms with van der Waals surface area (Å²) in [5, 5.41) is 0. The van der Waals surface area contributed by atoms with Crippen LogP contribution in [-0.2, 0) is 5.41 Å². The van der Waals surface area contributed by atoms with Gasteiger partial charge in [0.15, 0.2) is 0 Å². The Balaban J connectivity index is 1.22. The van der Waals surface area contributed by atoms with Gasteiger partial charge in [0.25, 0.3) is 0 Å². The molecule has 52 heavy (non-hydrogen) atoms. The lowest BCUT2D eigenvalue weighted by atomic mass is 9.68. The Bertz CT molecular complexity index is 2570. The van der Waals surface area contributed by atoms with Crippen LogP contribution in [-0.4, -0.2) is 0 Å². The van der Waals surface area contributed by atoms with Crippen molar-refractivity contribution in [1.82, 2.24) is 0 Å². The maximum absolute atomic E-state index is 2.51. The average molecular weight is 666 g/mol. The van der Waals surface area contributed by atoms with Crippen LogP contribution in [0.1, 0.15) is 41.2 Å². The second-order valence-corrected chi connectivity index (χ2v) is 14.6. The van der Waals surface area contributed by atoms with Gasteiger partial charge in [-0.1, -0.05) is 153 Å². The summed E-state index contributed by atoms with van der Waals surface area (Å²) in [6.07, 6.45) is 5.92. The first-order valence-electron chi connectivity index (χ1n) is 18.5. The highest BCUT2D eigenvalue weighted by atomic mass is 15.1. The third-order valence-corrected chi connectivity index (χ3v) is 11.6. The lowest BCUT2D eigenvalue weighted by molar-refractivity contribution is 0.731. The Morgan fingerprint density at radius 1 is 0.500 bits per heavy atom. The van der Waals surface area contributed by atoms with Gasteiger partial charge in [-0.3, -0.25) is 0 Å². The van der Waals surface area contributed by atoms with Crippen molar-refractivity contribution in [3.63, 3.8) is 0 Å². The van der Waals surface area contributed by atoms with E-state index in [0.29, 0.717) is 5.92 Å². The summed E-state index contributed by atoms with van der Waals surface area (Å²) in [7, 11) is 0. The van der Waals surface area contributed by atoms with Gasteiger partial charge in [-0.2, -0.15) is 0 Å². The molecule has 0 amide bonds. The van der Waals surface area contributed by atoms with E-state index in [-0.39, 0.29) is 5.41 Å². The number of nitrogens with zero attached hydrogens (tertiary/aromatic N) is 1. The van der Waals surface area contributed by atoms with Crippen molar-refractivity contribution in [2.24, 2.45) is 5.92 Å². The van der Waals surface area contributed by atoms with E-state index in [1.807, 2.05) is 0 Å². The summed E-state index contributed by atoms with van der Waals surface area (Å²) < 4.78 is 0. The predicted octanol–water partition coefficient (Wildman–Crippen LogP) is 13.5. The molecule has 0 saturated carbocycles. The minimum absolute atomic E-state index is 0.372. The molecule has 0 bridgehead atoms. The summed E-state index contributed by atoms with van der Waals surface area (Å²) in [5.74, 6) is 0.461. The standard InChI is InChI=1S/C51H39N/c1-34-15-13-26-47-50(34)44-23-10-12-25-46(44)51(47)45-24-11-9-22-42(45)43-29-28-41(33-48(43)51)52(40-21-14-20-38(32-40)36-16-5-3-6-17-36)49-30-27-39(31-35(49)2)37-18-7-4-8-19-37/h3-14,16-34H,15H2,1-2H3. The smallest absolute Gasteiger partial charge is 0.0723 e. The zero-order valence-corrected chi connectivity index (χ0v) is 29.6. The van der Waals surface area contributed by atoms with Crippen molar-refractivity contribution in [2.75, 3.05) is 4.90 Å². The largest absolute Gasteiger partial charge is 0.310 e. The molecule has 7 aromatic carbocycles. The Kier molecular flexibility index (Phi) is 7.05. The van der Waals surface area contributed by atoms with Gasteiger partial charge in [-0.05, 0) is 128 Å². The van der Waals surface area contributed by atoms with E-state index in [1.54, 1.807) is 0 Å². The summed E-state index contributed by atoms with van der Waals surface area (Å²) in [5.41, 5.74) is 20.4. The topological polar surface area (TPSA) is 3.24 Å². The number of hydrogen-bond donors (Lipinski definition) is 0. The molecule has 3 aliphatic rings. The average Bonchev–Trinajstić information content (AvgIpc) is 3.67. The van der Waals surface area contributed by atoms with Gasteiger partial charge >= 0.3 is 0 Å². The molecular formula is C51H39N. The molecule has 248 valence electrons. The monoisotopic (exact) mass is 665 g/mol. The molecule has 10 rings (SSSR count). The van der Waals surface area contributed by atoms with E-state index in [4.69, 9.17) is 0 Å². The molecule has 1 nitrogen and oxygen atoms in total. The molecule has 1 heteroatoms. The summed E-state index contributed by atoms with van der Waals surface area (Å²) in [6, 6.07) is 62.9. The number of aryl methyl sites for hydroxylation is 1. The number of hydrogen-bond acceptors (Lipinski definition) is 1. The van der Waals surface area contributed by atoms with Gasteiger partial charge in [0.1, 0.15) is 0 Å². The van der Waals surface area contributed by atoms with Gasteiger partial charge in [0, 0.05) is 17.1 Å². The van der Waals surface area contributed by atoms with E-state index < -0.39 is 0 Å². The van der Waals surface area contributed by atoms with Crippen LogP contribution in [0.3, 0.4) is 0 Å². The van der Waals surface area contributed by atoms with E-state index in [2.05, 4.69) is 201 Å². The quantitative estimate of drug-likeness (QED) is 0.177. The van der Waals surface area contributed by atoms with Crippen LogP contribution in [0.5, 0.6) is 0 Å². The lowest BCUT2D eigenvalue weighted by Crippen LogP contribution is -2.27. The highest BCUT2D eigenvalue weighted by Crippen LogP contribution is 2.64. The molecule has 0 radical (unpaired) electrons.